The smallest absolute Gasteiger partial charge is 0.267 e. The Balaban J connectivity index is 0.00000261. The molecular formula is C18H28ClN3O4S. The van der Waals surface area contributed by atoms with E-state index in [1.807, 2.05) is 6.07 Å². The summed E-state index contributed by atoms with van der Waals surface area (Å²) in [5.74, 6) is 0.104. The van der Waals surface area contributed by atoms with E-state index in [4.69, 9.17) is 10.5 Å². The molecule has 1 saturated carbocycles. The van der Waals surface area contributed by atoms with Gasteiger partial charge in [0.1, 0.15) is 21.1 Å². The maximum Gasteiger partial charge on any atom is 0.267 e. The molecule has 2 fully saturated rings. The maximum absolute atomic E-state index is 11.6. The van der Waals surface area contributed by atoms with Gasteiger partial charge in [0.15, 0.2) is 0 Å². The van der Waals surface area contributed by atoms with Crippen molar-refractivity contribution >= 4 is 28.2 Å². The minimum atomic E-state index is -2.98. The summed E-state index contributed by atoms with van der Waals surface area (Å²) in [7, 11) is -1.26. The summed E-state index contributed by atoms with van der Waals surface area (Å²) in [5.41, 5.74) is 6.12. The molecule has 0 spiro atoms. The summed E-state index contributed by atoms with van der Waals surface area (Å²) in [6, 6.07) is 3.66. The molecule has 3 rings (SSSR count). The molecular weight excluding hydrogens is 390 g/mol. The Morgan fingerprint density at radius 3 is 2.52 bits per heavy atom. The number of hydrogen-bond acceptors (Lipinski definition) is 6. The van der Waals surface area contributed by atoms with Gasteiger partial charge in [-0.2, -0.15) is 0 Å². The van der Waals surface area contributed by atoms with Crippen LogP contribution in [0.2, 0.25) is 0 Å². The lowest BCUT2D eigenvalue weighted by molar-refractivity contribution is -0.168. The molecule has 2 N–H and O–H groups in total. The molecule has 1 aliphatic heterocycles. The van der Waals surface area contributed by atoms with Crippen molar-refractivity contribution in [2.75, 3.05) is 38.8 Å². The lowest BCUT2D eigenvalue weighted by Gasteiger charge is -2.55. The number of hydrogen-bond donors (Lipinski definition) is 1. The number of fused-ring (bicyclic) bond motifs is 2. The van der Waals surface area contributed by atoms with E-state index >= 15 is 0 Å². The lowest BCUT2D eigenvalue weighted by Crippen LogP contribution is -2.59. The Hall–Kier alpha value is -1.22. The zero-order valence-electron chi connectivity index (χ0n) is 15.8. The zero-order chi connectivity index (χ0) is 18.9. The monoisotopic (exact) mass is 417 g/mol. The van der Waals surface area contributed by atoms with Gasteiger partial charge >= 0.3 is 0 Å². The molecule has 2 aliphatic rings. The molecule has 27 heavy (non-hydrogen) atoms. The molecule has 0 unspecified atom stereocenters. The van der Waals surface area contributed by atoms with Gasteiger partial charge in [0.2, 0.25) is 0 Å². The van der Waals surface area contributed by atoms with Gasteiger partial charge in [0.05, 0.1) is 5.75 Å². The number of nitrogens with two attached hydrogens (primary N) is 1. The van der Waals surface area contributed by atoms with E-state index in [0.717, 1.165) is 37.9 Å². The molecule has 1 amide bonds. The lowest BCUT2D eigenvalue weighted by atomic mass is 9.62. The number of likely N-dealkylation sites (tertiary alicyclic amines) is 1. The number of methoxy groups -OCH3 is 1. The van der Waals surface area contributed by atoms with Crippen LogP contribution in [0.5, 0.6) is 0 Å². The second-order valence-corrected chi connectivity index (χ2v) is 9.77. The van der Waals surface area contributed by atoms with Gasteiger partial charge in [0.25, 0.3) is 5.91 Å². The molecule has 0 radical (unpaired) electrons. The molecule has 0 aromatic carbocycles. The second-order valence-electron chi connectivity index (χ2n) is 7.51. The molecule has 1 aromatic rings. The number of ether oxygens (including phenoxy) is 1. The van der Waals surface area contributed by atoms with Crippen LogP contribution in [0.25, 0.3) is 0 Å². The number of pyridine rings is 1. The van der Waals surface area contributed by atoms with Gasteiger partial charge in [-0.3, -0.25) is 9.78 Å². The number of nitrogens with zero attached hydrogens (tertiary/aromatic N) is 2. The van der Waals surface area contributed by atoms with Crippen molar-refractivity contribution in [1.82, 2.24) is 9.88 Å². The van der Waals surface area contributed by atoms with Crippen molar-refractivity contribution in [3.05, 3.63) is 29.6 Å². The average molecular weight is 418 g/mol. The third-order valence-electron chi connectivity index (χ3n) is 5.85. The average Bonchev–Trinajstić information content (AvgIpc) is 2.58. The summed E-state index contributed by atoms with van der Waals surface area (Å²) >= 11 is 0. The van der Waals surface area contributed by atoms with E-state index in [2.05, 4.69) is 9.88 Å². The number of halogens is 1. The number of piperidine rings is 1. The summed E-state index contributed by atoms with van der Waals surface area (Å²) in [5, 5.41) is 0. The fourth-order valence-corrected chi connectivity index (χ4v) is 5.32. The van der Waals surface area contributed by atoms with Crippen LogP contribution in [-0.2, 0) is 20.2 Å². The first kappa shape index (κ1) is 22.1. The van der Waals surface area contributed by atoms with E-state index in [1.54, 1.807) is 19.4 Å². The molecule has 2 bridgehead atoms. The highest BCUT2D eigenvalue weighted by molar-refractivity contribution is 7.90. The highest BCUT2D eigenvalue weighted by Gasteiger charge is 2.53. The van der Waals surface area contributed by atoms with E-state index in [0.29, 0.717) is 6.54 Å². The zero-order valence-corrected chi connectivity index (χ0v) is 17.4. The summed E-state index contributed by atoms with van der Waals surface area (Å²) in [6.45, 7) is 2.12. The summed E-state index contributed by atoms with van der Waals surface area (Å²) in [4.78, 5) is 17.9. The van der Waals surface area contributed by atoms with E-state index in [9.17, 15) is 13.2 Å². The van der Waals surface area contributed by atoms with Crippen LogP contribution in [0.4, 0.5) is 0 Å². The largest absolute Gasteiger partial charge is 0.373 e. The number of carbonyl (C=O) groups is 1. The Labute approximate surface area is 167 Å². The molecule has 1 aliphatic carbocycles. The fourth-order valence-electron chi connectivity index (χ4n) is 4.73. The number of carbonyl (C=O) groups excluding carboxylic acids is 1. The highest BCUT2D eigenvalue weighted by Crippen LogP contribution is 2.51. The van der Waals surface area contributed by atoms with Gasteiger partial charge in [-0.15, -0.1) is 12.4 Å². The molecule has 1 saturated heterocycles. The van der Waals surface area contributed by atoms with Crippen molar-refractivity contribution in [1.29, 1.82) is 0 Å². The SMILES string of the molecule is CO[C@]1(c2ccnc(C(N)=O)c2)[C@@H]2CCC[C@H]1CN(CCS(C)(=O)=O)C2.Cl. The molecule has 2 heterocycles. The van der Waals surface area contributed by atoms with E-state index < -0.39 is 21.3 Å². The van der Waals surface area contributed by atoms with Crippen LogP contribution in [0.3, 0.4) is 0 Å². The van der Waals surface area contributed by atoms with E-state index in [1.165, 1.54) is 6.26 Å². The topological polar surface area (TPSA) is 103 Å². The quantitative estimate of drug-likeness (QED) is 0.746. The Morgan fingerprint density at radius 1 is 1.37 bits per heavy atom. The first-order chi connectivity index (χ1) is 12.3. The first-order valence-electron chi connectivity index (χ1n) is 8.98. The molecule has 152 valence electrons. The van der Waals surface area contributed by atoms with Crippen LogP contribution in [0.15, 0.2) is 18.3 Å². The summed E-state index contributed by atoms with van der Waals surface area (Å²) < 4.78 is 29.2. The molecule has 7 nitrogen and oxygen atoms in total. The molecule has 3 atom stereocenters. The summed E-state index contributed by atoms with van der Waals surface area (Å²) in [6.07, 6.45) is 6.04. The van der Waals surface area contributed by atoms with Gasteiger partial charge in [0, 0.05) is 51.0 Å². The Kier molecular flexibility index (Phi) is 6.89. The Bertz CT molecular complexity index is 773. The van der Waals surface area contributed by atoms with E-state index in [-0.39, 0.29) is 35.7 Å². The number of rotatable bonds is 6. The number of sulfone groups is 1. The third kappa shape index (κ3) is 4.45. The van der Waals surface area contributed by atoms with Crippen LogP contribution in [0, 0.1) is 11.8 Å². The van der Waals surface area contributed by atoms with Crippen molar-refractivity contribution in [3.63, 3.8) is 0 Å². The van der Waals surface area contributed by atoms with Crippen molar-refractivity contribution in [3.8, 4) is 0 Å². The number of primary amides is 1. The minimum Gasteiger partial charge on any atom is -0.373 e. The van der Waals surface area contributed by atoms with Gasteiger partial charge < -0.3 is 15.4 Å². The van der Waals surface area contributed by atoms with Gasteiger partial charge in [-0.25, -0.2) is 8.42 Å². The van der Waals surface area contributed by atoms with Crippen LogP contribution in [0.1, 0.15) is 35.3 Å². The van der Waals surface area contributed by atoms with Crippen molar-refractivity contribution < 1.29 is 17.9 Å². The highest BCUT2D eigenvalue weighted by atomic mass is 35.5. The fraction of sp³-hybridized carbons (Fsp3) is 0.667. The predicted molar refractivity (Wildman–Crippen MR) is 106 cm³/mol. The maximum atomic E-state index is 11.6. The number of aromatic nitrogens is 1. The standard InChI is InChI=1S/C18H27N3O4S.ClH/c1-25-18(13-6-7-20-16(10-13)17(19)22)14-4-3-5-15(18)12-21(11-14)8-9-26(2,23)24;/h6-7,10,14-15H,3-5,8-9,11-12H2,1-2H3,(H2,19,22);1H/t14-,15+,18-;. The van der Waals surface area contributed by atoms with Gasteiger partial charge in [-0.05, 0) is 30.5 Å². The van der Waals surface area contributed by atoms with Crippen LogP contribution >= 0.6 is 12.4 Å². The van der Waals surface area contributed by atoms with Crippen molar-refractivity contribution in [2.45, 2.75) is 24.9 Å². The minimum absolute atomic E-state index is 0. The normalized spacial score (nSPS) is 28.4. The number of amides is 1. The van der Waals surface area contributed by atoms with Crippen LogP contribution < -0.4 is 5.73 Å². The van der Waals surface area contributed by atoms with Crippen molar-refractivity contribution in [2.24, 2.45) is 17.6 Å². The van der Waals surface area contributed by atoms with Crippen LogP contribution in [-0.4, -0.2) is 63.0 Å². The second kappa shape index (κ2) is 8.43. The third-order valence-corrected chi connectivity index (χ3v) is 6.78. The Morgan fingerprint density at radius 2 is 2.00 bits per heavy atom. The molecule has 9 heteroatoms. The first-order valence-corrected chi connectivity index (χ1v) is 11.0. The predicted octanol–water partition coefficient (Wildman–Crippen LogP) is 1.22. The van der Waals surface area contributed by atoms with Gasteiger partial charge in [-0.1, -0.05) is 6.42 Å². The molecule has 1 aromatic heterocycles.